The zero-order valence-electron chi connectivity index (χ0n) is 13.7. The van der Waals surface area contributed by atoms with E-state index in [2.05, 4.69) is 9.80 Å². The van der Waals surface area contributed by atoms with Gasteiger partial charge in [-0.3, -0.25) is 9.69 Å². The van der Waals surface area contributed by atoms with Crippen LogP contribution in [0.4, 0.5) is 0 Å². The van der Waals surface area contributed by atoms with E-state index in [9.17, 15) is 4.79 Å². The van der Waals surface area contributed by atoms with E-state index >= 15 is 0 Å². The van der Waals surface area contributed by atoms with E-state index in [0.29, 0.717) is 13.0 Å². The third-order valence-corrected chi connectivity index (χ3v) is 4.82. The molecule has 0 aromatic carbocycles. The fraction of sp³-hybridized carbons (Fsp3) is 0.941. The Kier molecular flexibility index (Phi) is 7.51. The smallest absolute Gasteiger partial charge is 0.305 e. The first-order chi connectivity index (χ1) is 10.3. The fourth-order valence-corrected chi connectivity index (χ4v) is 3.61. The average Bonchev–Trinajstić information content (AvgIpc) is 2.97. The lowest BCUT2D eigenvalue weighted by Crippen LogP contribution is -2.40. The van der Waals surface area contributed by atoms with E-state index in [-0.39, 0.29) is 5.97 Å². The van der Waals surface area contributed by atoms with Crippen molar-refractivity contribution < 1.29 is 9.53 Å². The predicted molar refractivity (Wildman–Crippen MR) is 85.4 cm³/mol. The maximum absolute atomic E-state index is 11.2. The molecule has 2 heterocycles. The summed E-state index contributed by atoms with van der Waals surface area (Å²) < 4.78 is 4.95. The van der Waals surface area contributed by atoms with Crippen molar-refractivity contribution in [3.8, 4) is 0 Å². The van der Waals surface area contributed by atoms with Gasteiger partial charge < -0.3 is 9.64 Å². The van der Waals surface area contributed by atoms with Gasteiger partial charge >= 0.3 is 5.97 Å². The van der Waals surface area contributed by atoms with Crippen molar-refractivity contribution in [2.24, 2.45) is 0 Å². The molecule has 0 saturated carbocycles. The Hall–Kier alpha value is -0.610. The molecule has 0 radical (unpaired) electrons. The largest absolute Gasteiger partial charge is 0.466 e. The lowest BCUT2D eigenvalue weighted by molar-refractivity contribution is -0.143. The van der Waals surface area contributed by atoms with Crippen LogP contribution in [-0.2, 0) is 9.53 Å². The zero-order valence-corrected chi connectivity index (χ0v) is 13.7. The molecule has 2 fully saturated rings. The lowest BCUT2D eigenvalue weighted by atomic mass is 10.1. The molecule has 4 nitrogen and oxygen atoms in total. The number of esters is 1. The number of hydrogen-bond acceptors (Lipinski definition) is 4. The third-order valence-electron chi connectivity index (χ3n) is 4.82. The number of carbonyl (C=O) groups excluding carboxylic acids is 1. The molecule has 0 aromatic heterocycles. The van der Waals surface area contributed by atoms with Crippen LogP contribution in [0.1, 0.15) is 58.3 Å². The van der Waals surface area contributed by atoms with Crippen LogP contribution in [0.3, 0.4) is 0 Å². The fourth-order valence-electron chi connectivity index (χ4n) is 3.61. The summed E-state index contributed by atoms with van der Waals surface area (Å²) in [5.41, 5.74) is 0. The zero-order chi connectivity index (χ0) is 14.9. The van der Waals surface area contributed by atoms with Gasteiger partial charge in [0, 0.05) is 19.0 Å². The lowest BCUT2D eigenvalue weighted by Gasteiger charge is -2.32. The first-order valence-corrected chi connectivity index (χ1v) is 8.91. The van der Waals surface area contributed by atoms with Crippen LogP contribution in [0.25, 0.3) is 0 Å². The Labute approximate surface area is 129 Å². The van der Waals surface area contributed by atoms with Crippen LogP contribution in [-0.4, -0.2) is 61.1 Å². The Morgan fingerprint density at radius 3 is 2.67 bits per heavy atom. The second-order valence-electron chi connectivity index (χ2n) is 6.46. The first kappa shape index (κ1) is 16.8. The third kappa shape index (κ3) is 5.95. The molecule has 0 N–H and O–H groups in total. The first-order valence-electron chi connectivity index (χ1n) is 8.91. The molecule has 1 atom stereocenters. The Morgan fingerprint density at radius 1 is 1.10 bits per heavy atom. The van der Waals surface area contributed by atoms with Crippen LogP contribution in [0.2, 0.25) is 0 Å². The predicted octanol–water partition coefficient (Wildman–Crippen LogP) is 2.67. The molecular weight excluding hydrogens is 264 g/mol. The van der Waals surface area contributed by atoms with Crippen molar-refractivity contribution >= 4 is 5.97 Å². The van der Waals surface area contributed by atoms with Gasteiger partial charge in [0.05, 0.1) is 6.61 Å². The van der Waals surface area contributed by atoms with E-state index in [0.717, 1.165) is 18.9 Å². The summed E-state index contributed by atoms with van der Waals surface area (Å²) in [6.07, 6.45) is 9.48. The highest BCUT2D eigenvalue weighted by atomic mass is 16.5. The highest BCUT2D eigenvalue weighted by Crippen LogP contribution is 2.20. The number of piperidine rings is 1. The molecule has 0 amide bonds. The van der Waals surface area contributed by atoms with Crippen molar-refractivity contribution in [2.45, 2.75) is 64.3 Å². The van der Waals surface area contributed by atoms with Crippen LogP contribution in [0.5, 0.6) is 0 Å². The monoisotopic (exact) mass is 296 g/mol. The summed E-state index contributed by atoms with van der Waals surface area (Å²) in [5, 5.41) is 0. The second-order valence-corrected chi connectivity index (χ2v) is 6.46. The minimum Gasteiger partial charge on any atom is -0.466 e. The topological polar surface area (TPSA) is 32.8 Å². The van der Waals surface area contributed by atoms with Gasteiger partial charge in [0.2, 0.25) is 0 Å². The second kappa shape index (κ2) is 9.42. The van der Waals surface area contributed by atoms with Gasteiger partial charge in [0.1, 0.15) is 0 Å². The van der Waals surface area contributed by atoms with Gasteiger partial charge in [-0.25, -0.2) is 0 Å². The summed E-state index contributed by atoms with van der Waals surface area (Å²) in [6.45, 7) is 8.73. The van der Waals surface area contributed by atoms with Crippen molar-refractivity contribution in [3.05, 3.63) is 0 Å². The van der Waals surface area contributed by atoms with Crippen molar-refractivity contribution in [2.75, 3.05) is 39.3 Å². The summed E-state index contributed by atoms with van der Waals surface area (Å²) in [4.78, 5) is 16.6. The van der Waals surface area contributed by atoms with Crippen LogP contribution in [0, 0.1) is 0 Å². The van der Waals surface area contributed by atoms with Crippen molar-refractivity contribution in [1.82, 2.24) is 9.80 Å². The Bertz CT molecular complexity index is 303. The summed E-state index contributed by atoms with van der Waals surface area (Å²) in [7, 11) is 0. The number of unbranched alkanes of at least 4 members (excludes halogenated alkanes) is 2. The van der Waals surface area contributed by atoms with E-state index in [1.165, 1.54) is 64.8 Å². The Morgan fingerprint density at radius 2 is 1.90 bits per heavy atom. The van der Waals surface area contributed by atoms with Gasteiger partial charge in [0.25, 0.3) is 0 Å². The van der Waals surface area contributed by atoms with Crippen molar-refractivity contribution in [3.63, 3.8) is 0 Å². The minimum absolute atomic E-state index is 0.0381. The van der Waals surface area contributed by atoms with Crippen LogP contribution in [0.15, 0.2) is 0 Å². The molecule has 2 aliphatic heterocycles. The maximum Gasteiger partial charge on any atom is 0.305 e. The van der Waals surface area contributed by atoms with Gasteiger partial charge in [-0.1, -0.05) is 12.8 Å². The average molecular weight is 296 g/mol. The van der Waals surface area contributed by atoms with E-state index < -0.39 is 0 Å². The number of hydrogen-bond donors (Lipinski definition) is 0. The summed E-state index contributed by atoms with van der Waals surface area (Å²) in [5.74, 6) is -0.0381. The molecule has 21 heavy (non-hydrogen) atoms. The van der Waals surface area contributed by atoms with Gasteiger partial charge in [-0.15, -0.1) is 0 Å². The molecule has 122 valence electrons. The quantitative estimate of drug-likeness (QED) is 0.509. The summed E-state index contributed by atoms with van der Waals surface area (Å²) in [6, 6.07) is 0.810. The minimum atomic E-state index is -0.0381. The van der Waals surface area contributed by atoms with E-state index in [4.69, 9.17) is 4.74 Å². The molecule has 2 saturated heterocycles. The van der Waals surface area contributed by atoms with Gasteiger partial charge in [-0.2, -0.15) is 0 Å². The van der Waals surface area contributed by atoms with E-state index in [1.807, 2.05) is 6.92 Å². The highest BCUT2D eigenvalue weighted by Gasteiger charge is 2.27. The highest BCUT2D eigenvalue weighted by molar-refractivity contribution is 5.69. The molecule has 0 aromatic rings. The molecule has 0 bridgehead atoms. The molecule has 1 unspecified atom stereocenters. The normalized spacial score (nSPS) is 24.3. The summed E-state index contributed by atoms with van der Waals surface area (Å²) >= 11 is 0. The molecule has 2 rings (SSSR count). The van der Waals surface area contributed by atoms with Crippen molar-refractivity contribution in [1.29, 1.82) is 0 Å². The molecule has 4 heteroatoms. The molecule has 0 aliphatic carbocycles. The Balaban J connectivity index is 1.51. The molecule has 0 spiro atoms. The SMILES string of the molecule is CCOC(=O)CCCCCN1CCC(N2CCCCC2)C1. The molecular formula is C17H32N2O2. The van der Waals surface area contributed by atoms with Crippen LogP contribution >= 0.6 is 0 Å². The molecule has 2 aliphatic rings. The standard InChI is InChI=1S/C17H32N2O2/c1-2-21-17(20)9-5-3-6-11-18-14-10-16(15-18)19-12-7-4-8-13-19/h16H,2-15H2,1H3. The number of rotatable bonds is 8. The van der Waals surface area contributed by atoms with Gasteiger partial charge in [0.15, 0.2) is 0 Å². The maximum atomic E-state index is 11.2. The number of ether oxygens (including phenoxy) is 1. The number of nitrogens with zero attached hydrogens (tertiary/aromatic N) is 2. The van der Waals surface area contributed by atoms with E-state index in [1.54, 1.807) is 0 Å². The van der Waals surface area contributed by atoms with Gasteiger partial charge in [-0.05, 0) is 65.2 Å². The van der Waals surface area contributed by atoms with Crippen LogP contribution < -0.4 is 0 Å². The number of carbonyl (C=O) groups is 1. The number of likely N-dealkylation sites (tertiary alicyclic amines) is 2.